The van der Waals surface area contributed by atoms with Crippen LogP contribution in [0.1, 0.15) is 22.8 Å². The molecule has 0 saturated heterocycles. The molecule has 4 aromatic carbocycles. The van der Waals surface area contributed by atoms with Crippen molar-refractivity contribution in [1.29, 1.82) is 0 Å². The van der Waals surface area contributed by atoms with Crippen LogP contribution in [0.2, 0.25) is 0 Å². The number of benzene rings is 4. The third-order valence-corrected chi connectivity index (χ3v) is 5.97. The van der Waals surface area contributed by atoms with E-state index >= 15 is 0 Å². The van der Waals surface area contributed by atoms with Crippen molar-refractivity contribution in [3.8, 4) is 34.0 Å². The average Bonchev–Trinajstić information content (AvgIpc) is 3.28. The summed E-state index contributed by atoms with van der Waals surface area (Å²) in [6.45, 7) is 3.24. The van der Waals surface area contributed by atoms with Crippen molar-refractivity contribution < 1.29 is 23.1 Å². The van der Waals surface area contributed by atoms with Gasteiger partial charge in [-0.05, 0) is 73.2 Å². The molecular weight excluding hydrogens is 500 g/mol. The fraction of sp³-hybridized carbons (Fsp3) is 0.0645. The summed E-state index contributed by atoms with van der Waals surface area (Å²) in [5.41, 5.74) is 4.71. The molecule has 1 N–H and O–H groups in total. The fourth-order valence-electron chi connectivity index (χ4n) is 4.20. The normalized spacial score (nSPS) is 10.8. The number of halogens is 2. The lowest BCUT2D eigenvalue weighted by Crippen LogP contribution is -2.11. The molecule has 8 heteroatoms. The Morgan fingerprint density at radius 1 is 0.821 bits per heavy atom. The van der Waals surface area contributed by atoms with E-state index in [9.17, 15) is 18.4 Å². The minimum absolute atomic E-state index is 0.132. The SMILES string of the molecule is CC(=O)Oc1c(-c2ccc(NC(=O)c3ccc(F)cc3)cc2)c(-c2cccc(C)c2)nn1-c1cccc(F)c1. The highest BCUT2D eigenvalue weighted by molar-refractivity contribution is 6.04. The van der Waals surface area contributed by atoms with E-state index in [2.05, 4.69) is 5.32 Å². The lowest BCUT2D eigenvalue weighted by Gasteiger charge is -2.11. The molecule has 1 aromatic heterocycles. The number of carbonyl (C=O) groups excluding carboxylic acids is 2. The Kier molecular flexibility index (Phi) is 7.01. The van der Waals surface area contributed by atoms with Crippen LogP contribution in [-0.4, -0.2) is 21.7 Å². The second kappa shape index (κ2) is 10.7. The van der Waals surface area contributed by atoms with E-state index in [0.717, 1.165) is 11.1 Å². The quantitative estimate of drug-likeness (QED) is 0.244. The Labute approximate surface area is 223 Å². The summed E-state index contributed by atoms with van der Waals surface area (Å²) in [6.07, 6.45) is 0. The van der Waals surface area contributed by atoms with Gasteiger partial charge in [0, 0.05) is 23.7 Å². The van der Waals surface area contributed by atoms with Crippen molar-refractivity contribution in [3.63, 3.8) is 0 Å². The third-order valence-electron chi connectivity index (χ3n) is 5.97. The maximum Gasteiger partial charge on any atom is 0.309 e. The van der Waals surface area contributed by atoms with Crippen LogP contribution < -0.4 is 10.1 Å². The van der Waals surface area contributed by atoms with Gasteiger partial charge in [-0.1, -0.05) is 42.0 Å². The highest BCUT2D eigenvalue weighted by Crippen LogP contribution is 2.41. The zero-order valence-corrected chi connectivity index (χ0v) is 21.1. The Hall–Kier alpha value is -5.11. The van der Waals surface area contributed by atoms with Crippen LogP contribution in [0.5, 0.6) is 5.88 Å². The first-order valence-electron chi connectivity index (χ1n) is 12.1. The molecule has 0 fully saturated rings. The Balaban J connectivity index is 1.61. The molecule has 39 heavy (non-hydrogen) atoms. The number of hydrogen-bond donors (Lipinski definition) is 1. The predicted molar refractivity (Wildman–Crippen MR) is 145 cm³/mol. The van der Waals surface area contributed by atoms with Crippen molar-refractivity contribution in [3.05, 3.63) is 120 Å². The molecule has 5 rings (SSSR count). The summed E-state index contributed by atoms with van der Waals surface area (Å²) in [5.74, 6) is -1.71. The zero-order chi connectivity index (χ0) is 27.5. The Morgan fingerprint density at radius 3 is 2.21 bits per heavy atom. The van der Waals surface area contributed by atoms with Crippen molar-refractivity contribution >= 4 is 17.6 Å². The van der Waals surface area contributed by atoms with Crippen LogP contribution in [0.25, 0.3) is 28.1 Å². The van der Waals surface area contributed by atoms with Gasteiger partial charge in [-0.2, -0.15) is 9.78 Å². The van der Waals surface area contributed by atoms with E-state index in [1.54, 1.807) is 36.4 Å². The molecule has 0 aliphatic rings. The maximum absolute atomic E-state index is 14.1. The van der Waals surface area contributed by atoms with Gasteiger partial charge in [0.25, 0.3) is 5.91 Å². The van der Waals surface area contributed by atoms with E-state index in [4.69, 9.17) is 9.84 Å². The summed E-state index contributed by atoms with van der Waals surface area (Å²) in [5, 5.41) is 7.54. The molecular formula is C31H23F2N3O3. The largest absolute Gasteiger partial charge is 0.407 e. The highest BCUT2D eigenvalue weighted by atomic mass is 19.1. The molecule has 0 aliphatic heterocycles. The van der Waals surface area contributed by atoms with Crippen LogP contribution >= 0.6 is 0 Å². The number of ether oxygens (including phenoxy) is 1. The van der Waals surface area contributed by atoms with Gasteiger partial charge in [-0.3, -0.25) is 9.59 Å². The monoisotopic (exact) mass is 523 g/mol. The second-order valence-electron chi connectivity index (χ2n) is 8.92. The van der Waals surface area contributed by atoms with Gasteiger partial charge in [0.2, 0.25) is 5.88 Å². The molecule has 0 unspecified atom stereocenters. The Bertz CT molecular complexity index is 1680. The van der Waals surface area contributed by atoms with E-state index < -0.39 is 17.6 Å². The van der Waals surface area contributed by atoms with Gasteiger partial charge < -0.3 is 10.1 Å². The average molecular weight is 524 g/mol. The van der Waals surface area contributed by atoms with Gasteiger partial charge in [0.05, 0.1) is 11.3 Å². The molecule has 6 nitrogen and oxygen atoms in total. The summed E-state index contributed by atoms with van der Waals surface area (Å²) in [4.78, 5) is 24.7. The molecule has 0 bridgehead atoms. The topological polar surface area (TPSA) is 73.2 Å². The third kappa shape index (κ3) is 5.60. The first-order chi connectivity index (χ1) is 18.8. The molecule has 5 aromatic rings. The van der Waals surface area contributed by atoms with Crippen LogP contribution in [0, 0.1) is 18.6 Å². The lowest BCUT2D eigenvalue weighted by molar-refractivity contribution is -0.132. The smallest absolute Gasteiger partial charge is 0.309 e. The van der Waals surface area contributed by atoms with E-state index in [1.807, 2.05) is 31.2 Å². The van der Waals surface area contributed by atoms with Gasteiger partial charge in [0.15, 0.2) is 0 Å². The van der Waals surface area contributed by atoms with Crippen LogP contribution in [0.4, 0.5) is 14.5 Å². The van der Waals surface area contributed by atoms with Crippen molar-refractivity contribution in [2.24, 2.45) is 0 Å². The molecule has 0 atom stereocenters. The van der Waals surface area contributed by atoms with Crippen molar-refractivity contribution in [2.45, 2.75) is 13.8 Å². The summed E-state index contributed by atoms with van der Waals surface area (Å²) < 4.78 is 34.4. The first kappa shape index (κ1) is 25.5. The summed E-state index contributed by atoms with van der Waals surface area (Å²) >= 11 is 0. The molecule has 1 amide bonds. The van der Waals surface area contributed by atoms with Crippen LogP contribution in [-0.2, 0) is 4.79 Å². The fourth-order valence-corrected chi connectivity index (χ4v) is 4.20. The van der Waals surface area contributed by atoms with E-state index in [0.29, 0.717) is 33.8 Å². The lowest BCUT2D eigenvalue weighted by atomic mass is 10.00. The number of hydrogen-bond acceptors (Lipinski definition) is 4. The number of anilines is 1. The number of carbonyl (C=O) groups is 2. The van der Waals surface area contributed by atoms with Gasteiger partial charge in [0.1, 0.15) is 17.3 Å². The van der Waals surface area contributed by atoms with Gasteiger partial charge in [-0.25, -0.2) is 8.78 Å². The molecule has 194 valence electrons. The van der Waals surface area contributed by atoms with Gasteiger partial charge >= 0.3 is 5.97 Å². The minimum Gasteiger partial charge on any atom is -0.407 e. The molecule has 0 spiro atoms. The second-order valence-corrected chi connectivity index (χ2v) is 8.92. The maximum atomic E-state index is 14.1. The van der Waals surface area contributed by atoms with Crippen molar-refractivity contribution in [2.75, 3.05) is 5.32 Å². The molecule has 0 aliphatic carbocycles. The Morgan fingerprint density at radius 2 is 1.54 bits per heavy atom. The molecule has 1 heterocycles. The van der Waals surface area contributed by atoms with Gasteiger partial charge in [-0.15, -0.1) is 0 Å². The number of aromatic nitrogens is 2. The number of amides is 1. The van der Waals surface area contributed by atoms with E-state index in [-0.39, 0.29) is 11.8 Å². The number of rotatable bonds is 6. The standard InChI is InChI=1S/C31H23F2N3O3/c1-19-5-3-6-23(17-19)29-28(31(39-20(2)37)36(35-29)27-8-4-7-25(33)18-27)21-11-15-26(16-12-21)34-30(38)22-9-13-24(32)14-10-22/h3-18H,1-2H3,(H,34,38). The number of aryl methyl sites for hydroxylation is 1. The first-order valence-corrected chi connectivity index (χ1v) is 12.1. The van der Waals surface area contributed by atoms with Crippen molar-refractivity contribution in [1.82, 2.24) is 9.78 Å². The van der Waals surface area contributed by atoms with Crippen LogP contribution in [0.3, 0.4) is 0 Å². The number of nitrogens with zero attached hydrogens (tertiary/aromatic N) is 2. The number of esters is 1. The van der Waals surface area contributed by atoms with E-state index in [1.165, 1.54) is 48.0 Å². The summed E-state index contributed by atoms with van der Waals surface area (Å²) in [6, 6.07) is 25.7. The number of nitrogens with one attached hydrogen (secondary N) is 1. The minimum atomic E-state index is -0.562. The highest BCUT2D eigenvalue weighted by Gasteiger charge is 2.25. The molecule has 0 saturated carbocycles. The summed E-state index contributed by atoms with van der Waals surface area (Å²) in [7, 11) is 0. The zero-order valence-electron chi connectivity index (χ0n) is 21.1. The molecule has 0 radical (unpaired) electrons. The van der Waals surface area contributed by atoms with Crippen LogP contribution in [0.15, 0.2) is 97.1 Å². The predicted octanol–water partition coefficient (Wildman–Crippen LogP) is 6.97.